The van der Waals surface area contributed by atoms with Crippen LogP contribution in [0, 0.1) is 5.41 Å². The molecule has 2 aliphatic rings. The molecule has 15 heavy (non-hydrogen) atoms. The zero-order valence-corrected chi connectivity index (χ0v) is 9.96. The summed E-state index contributed by atoms with van der Waals surface area (Å²) in [5, 5.41) is 3.26. The highest BCUT2D eigenvalue weighted by Crippen LogP contribution is 2.53. The summed E-state index contributed by atoms with van der Waals surface area (Å²) < 4.78 is 5.30. The molecule has 0 bridgehead atoms. The van der Waals surface area contributed by atoms with E-state index in [9.17, 15) is 4.79 Å². The van der Waals surface area contributed by atoms with Crippen molar-refractivity contribution < 1.29 is 9.53 Å². The van der Waals surface area contributed by atoms with Gasteiger partial charge >= 0.3 is 6.09 Å². The van der Waals surface area contributed by atoms with Gasteiger partial charge in [-0.1, -0.05) is 0 Å². The van der Waals surface area contributed by atoms with Gasteiger partial charge in [0.25, 0.3) is 0 Å². The number of hydrogen-bond acceptors (Lipinski definition) is 3. The predicted octanol–water partition coefficient (Wildman–Crippen LogP) is 1.22. The molecular weight excluding hydrogens is 192 g/mol. The van der Waals surface area contributed by atoms with Gasteiger partial charge in [0.2, 0.25) is 0 Å². The van der Waals surface area contributed by atoms with Gasteiger partial charge in [-0.3, -0.25) is 0 Å². The Morgan fingerprint density at radius 3 is 2.47 bits per heavy atom. The van der Waals surface area contributed by atoms with Gasteiger partial charge in [0, 0.05) is 24.5 Å². The summed E-state index contributed by atoms with van der Waals surface area (Å²) in [5.74, 6) is 0. The molecule has 1 N–H and O–H groups in total. The van der Waals surface area contributed by atoms with Crippen LogP contribution >= 0.6 is 0 Å². The Bertz CT molecular complexity index is 277. The molecule has 2 rings (SSSR count). The Kier molecular flexibility index (Phi) is 2.23. The summed E-state index contributed by atoms with van der Waals surface area (Å²) in [6.45, 7) is 7.40. The van der Waals surface area contributed by atoms with Crippen LogP contribution in [0.5, 0.6) is 0 Å². The minimum Gasteiger partial charge on any atom is -0.444 e. The number of carbonyl (C=O) groups excluding carboxylic acids is 1. The maximum atomic E-state index is 11.6. The lowest BCUT2D eigenvalue weighted by molar-refractivity contribution is -0.00766. The molecule has 0 aromatic rings. The quantitative estimate of drug-likeness (QED) is 0.710. The molecule has 1 spiro atoms. The van der Waals surface area contributed by atoms with Gasteiger partial charge in [-0.05, 0) is 34.2 Å². The van der Waals surface area contributed by atoms with Crippen molar-refractivity contribution >= 4 is 6.09 Å². The molecule has 1 atom stereocenters. The molecule has 1 aliphatic heterocycles. The third-order valence-electron chi connectivity index (χ3n) is 3.20. The first-order valence-corrected chi connectivity index (χ1v) is 5.51. The fourth-order valence-electron chi connectivity index (χ4n) is 2.27. The zero-order valence-electron chi connectivity index (χ0n) is 9.96. The van der Waals surface area contributed by atoms with E-state index >= 15 is 0 Å². The first-order chi connectivity index (χ1) is 6.86. The monoisotopic (exact) mass is 212 g/mol. The molecule has 0 radical (unpaired) electrons. The summed E-state index contributed by atoms with van der Waals surface area (Å²) in [4.78, 5) is 13.4. The zero-order chi connectivity index (χ0) is 11.3. The highest BCUT2D eigenvalue weighted by molar-refractivity contribution is 5.70. The Morgan fingerprint density at radius 2 is 2.07 bits per heavy atom. The van der Waals surface area contributed by atoms with E-state index in [2.05, 4.69) is 5.32 Å². The van der Waals surface area contributed by atoms with Crippen LogP contribution in [-0.2, 0) is 4.74 Å². The largest absolute Gasteiger partial charge is 0.444 e. The van der Waals surface area contributed by atoms with Crippen LogP contribution in [0.3, 0.4) is 0 Å². The highest BCUT2D eigenvalue weighted by atomic mass is 16.6. The van der Waals surface area contributed by atoms with Crippen LogP contribution in [0.1, 0.15) is 27.2 Å². The van der Waals surface area contributed by atoms with E-state index in [-0.39, 0.29) is 11.7 Å². The van der Waals surface area contributed by atoms with Gasteiger partial charge in [0.05, 0.1) is 0 Å². The molecule has 1 amide bonds. The van der Waals surface area contributed by atoms with Gasteiger partial charge in [0.1, 0.15) is 5.60 Å². The molecule has 1 aliphatic carbocycles. The summed E-state index contributed by atoms with van der Waals surface area (Å²) in [6.07, 6.45) is 1.03. The summed E-state index contributed by atoms with van der Waals surface area (Å²) >= 11 is 0. The molecule has 1 heterocycles. The molecule has 1 saturated carbocycles. The van der Waals surface area contributed by atoms with Crippen molar-refractivity contribution in [3.63, 3.8) is 0 Å². The summed E-state index contributed by atoms with van der Waals surface area (Å²) in [6, 6.07) is 0.608. The lowest BCUT2D eigenvalue weighted by atomic mass is 9.96. The van der Waals surface area contributed by atoms with Crippen molar-refractivity contribution in [2.75, 3.05) is 20.1 Å². The second-order valence-electron chi connectivity index (χ2n) is 5.74. The van der Waals surface area contributed by atoms with E-state index in [0.29, 0.717) is 11.5 Å². The lowest BCUT2D eigenvalue weighted by Gasteiger charge is -2.41. The predicted molar refractivity (Wildman–Crippen MR) is 57.7 cm³/mol. The molecule has 0 aromatic carbocycles. The number of hydrogen-bond donors (Lipinski definition) is 1. The van der Waals surface area contributed by atoms with E-state index in [4.69, 9.17) is 4.74 Å². The Hall–Kier alpha value is -0.770. The van der Waals surface area contributed by atoms with Gasteiger partial charge in [-0.15, -0.1) is 0 Å². The van der Waals surface area contributed by atoms with Crippen molar-refractivity contribution in [2.24, 2.45) is 5.41 Å². The van der Waals surface area contributed by atoms with Crippen LogP contribution in [0.2, 0.25) is 0 Å². The van der Waals surface area contributed by atoms with Gasteiger partial charge in [-0.2, -0.15) is 0 Å². The molecule has 0 aromatic heterocycles. The van der Waals surface area contributed by atoms with Gasteiger partial charge in [-0.25, -0.2) is 4.79 Å². The SMILES string of the molecule is CNC1CC12CN(C(=O)OC(C)(C)C)C2. The Balaban J connectivity index is 1.78. The topological polar surface area (TPSA) is 41.6 Å². The van der Waals surface area contributed by atoms with E-state index in [1.54, 1.807) is 4.90 Å². The first-order valence-electron chi connectivity index (χ1n) is 5.51. The molecule has 4 heteroatoms. The lowest BCUT2D eigenvalue weighted by Crippen LogP contribution is -2.55. The summed E-state index contributed by atoms with van der Waals surface area (Å²) in [5.41, 5.74) is -0.00253. The van der Waals surface area contributed by atoms with Crippen molar-refractivity contribution in [1.29, 1.82) is 0 Å². The van der Waals surface area contributed by atoms with Crippen molar-refractivity contribution in [2.45, 2.75) is 38.8 Å². The number of rotatable bonds is 1. The van der Waals surface area contributed by atoms with Crippen molar-refractivity contribution in [3.05, 3.63) is 0 Å². The minimum atomic E-state index is -0.383. The van der Waals surface area contributed by atoms with Crippen LogP contribution in [-0.4, -0.2) is 42.8 Å². The van der Waals surface area contributed by atoms with Crippen LogP contribution in [0.15, 0.2) is 0 Å². The number of ether oxygens (including phenoxy) is 1. The molecular formula is C11H20N2O2. The van der Waals surface area contributed by atoms with E-state index in [0.717, 1.165) is 13.1 Å². The van der Waals surface area contributed by atoms with Gasteiger partial charge in [0.15, 0.2) is 0 Å². The van der Waals surface area contributed by atoms with E-state index in [1.807, 2.05) is 27.8 Å². The van der Waals surface area contributed by atoms with Gasteiger partial charge < -0.3 is 15.0 Å². The fraction of sp³-hybridized carbons (Fsp3) is 0.909. The van der Waals surface area contributed by atoms with E-state index in [1.165, 1.54) is 6.42 Å². The number of carbonyl (C=O) groups is 1. The fourth-order valence-corrected chi connectivity index (χ4v) is 2.27. The maximum absolute atomic E-state index is 11.6. The van der Waals surface area contributed by atoms with Crippen molar-refractivity contribution in [1.82, 2.24) is 10.2 Å². The average molecular weight is 212 g/mol. The third-order valence-corrected chi connectivity index (χ3v) is 3.20. The second-order valence-corrected chi connectivity index (χ2v) is 5.74. The number of nitrogens with zero attached hydrogens (tertiary/aromatic N) is 1. The smallest absolute Gasteiger partial charge is 0.410 e. The Morgan fingerprint density at radius 1 is 1.47 bits per heavy atom. The standard InChI is InChI=1S/C11H20N2O2/c1-10(2,3)15-9(14)13-6-11(7-13)5-8(11)12-4/h8,12H,5-7H2,1-4H3. The molecule has 86 valence electrons. The second kappa shape index (κ2) is 3.11. The average Bonchev–Trinajstić information content (AvgIpc) is 2.71. The van der Waals surface area contributed by atoms with E-state index < -0.39 is 0 Å². The minimum absolute atomic E-state index is 0.171. The molecule has 1 saturated heterocycles. The summed E-state index contributed by atoms with van der Waals surface area (Å²) in [7, 11) is 1.98. The molecule has 4 nitrogen and oxygen atoms in total. The normalized spacial score (nSPS) is 27.5. The maximum Gasteiger partial charge on any atom is 0.410 e. The third kappa shape index (κ3) is 1.95. The van der Waals surface area contributed by atoms with Crippen molar-refractivity contribution in [3.8, 4) is 0 Å². The number of amides is 1. The number of likely N-dealkylation sites (tertiary alicyclic amines) is 1. The number of nitrogens with one attached hydrogen (secondary N) is 1. The first kappa shape index (κ1) is 10.7. The van der Waals surface area contributed by atoms with Crippen LogP contribution in [0.4, 0.5) is 4.79 Å². The highest BCUT2D eigenvalue weighted by Gasteiger charge is 2.62. The van der Waals surface area contributed by atoms with Crippen LogP contribution < -0.4 is 5.32 Å². The molecule has 1 unspecified atom stereocenters. The van der Waals surface area contributed by atoms with Crippen LogP contribution in [0.25, 0.3) is 0 Å². The Labute approximate surface area is 91.0 Å². The molecule has 2 fully saturated rings.